The molecule has 1 aliphatic carbocycles. The topological polar surface area (TPSA) is 98.5 Å². The number of amides is 1. The van der Waals surface area contributed by atoms with Crippen LogP contribution in [0.4, 0.5) is 19.0 Å². The van der Waals surface area contributed by atoms with E-state index in [1.807, 2.05) is 6.92 Å². The Labute approximate surface area is 203 Å². The van der Waals surface area contributed by atoms with Crippen molar-refractivity contribution in [2.75, 3.05) is 0 Å². The van der Waals surface area contributed by atoms with E-state index in [2.05, 4.69) is 9.97 Å². The van der Waals surface area contributed by atoms with Crippen molar-refractivity contribution in [3.8, 4) is 17.1 Å². The lowest BCUT2D eigenvalue weighted by atomic mass is 9.96. The van der Waals surface area contributed by atoms with Crippen LogP contribution in [0.3, 0.4) is 0 Å². The van der Waals surface area contributed by atoms with Crippen molar-refractivity contribution in [2.24, 2.45) is 5.92 Å². The number of pyridine rings is 2. The summed E-state index contributed by atoms with van der Waals surface area (Å²) in [5.41, 5.74) is 0.283. The number of fused-ring (bicyclic) bond motifs is 2. The van der Waals surface area contributed by atoms with Crippen LogP contribution in [0.15, 0.2) is 60.8 Å². The van der Waals surface area contributed by atoms with Gasteiger partial charge in [-0.1, -0.05) is 12.1 Å². The fourth-order valence-corrected chi connectivity index (χ4v) is 5.17. The molecule has 186 valence electrons. The van der Waals surface area contributed by atoms with Crippen LogP contribution < -0.4 is 4.74 Å². The van der Waals surface area contributed by atoms with Gasteiger partial charge in [-0.2, -0.15) is 13.2 Å². The number of aromatic nitrogens is 2. The van der Waals surface area contributed by atoms with Crippen molar-refractivity contribution in [3.05, 3.63) is 82.0 Å². The van der Waals surface area contributed by atoms with Gasteiger partial charge in [-0.25, -0.2) is 4.98 Å². The van der Waals surface area contributed by atoms with Gasteiger partial charge in [0.2, 0.25) is 5.88 Å². The summed E-state index contributed by atoms with van der Waals surface area (Å²) in [5, 5.41) is 11.2. The average molecular weight is 498 g/mol. The van der Waals surface area contributed by atoms with Crippen molar-refractivity contribution >= 4 is 11.7 Å². The van der Waals surface area contributed by atoms with Crippen molar-refractivity contribution in [1.82, 2.24) is 14.9 Å². The maximum atomic E-state index is 13.8. The standard InChI is InChI=1S/C25H21F3N4O4/c1-14-15-11-20(21(12-15)36-23-10-9-16(13-29-23)25(26,27)28)31(14)24(33)18-6-3-2-5-17(18)19-7-4-8-22(30-19)32(34)35/h2-10,13-15,20-21H,11-12H2,1H3/t14-,15-,20+,21-/m1/s1. The van der Waals surface area contributed by atoms with Crippen LogP contribution >= 0.6 is 0 Å². The zero-order valence-corrected chi connectivity index (χ0v) is 19.1. The quantitative estimate of drug-likeness (QED) is 0.357. The van der Waals surface area contributed by atoms with E-state index in [0.29, 0.717) is 29.7 Å². The number of ether oxygens (including phenoxy) is 1. The Balaban J connectivity index is 1.40. The summed E-state index contributed by atoms with van der Waals surface area (Å²) in [4.78, 5) is 34.0. The van der Waals surface area contributed by atoms with Crippen molar-refractivity contribution in [1.29, 1.82) is 0 Å². The van der Waals surface area contributed by atoms with Gasteiger partial charge in [0.25, 0.3) is 5.91 Å². The van der Waals surface area contributed by atoms with Gasteiger partial charge in [0.05, 0.1) is 17.2 Å². The van der Waals surface area contributed by atoms with Crippen molar-refractivity contribution in [3.63, 3.8) is 0 Å². The number of hydrogen-bond acceptors (Lipinski definition) is 6. The number of rotatable bonds is 5. The molecule has 2 bridgehead atoms. The molecule has 1 saturated carbocycles. The van der Waals surface area contributed by atoms with Gasteiger partial charge in [-0.3, -0.25) is 4.79 Å². The maximum absolute atomic E-state index is 13.8. The number of benzene rings is 1. The molecule has 1 amide bonds. The van der Waals surface area contributed by atoms with Crippen LogP contribution in [0, 0.1) is 16.0 Å². The van der Waals surface area contributed by atoms with Crippen molar-refractivity contribution < 1.29 is 27.6 Å². The van der Waals surface area contributed by atoms with Gasteiger partial charge in [-0.15, -0.1) is 0 Å². The van der Waals surface area contributed by atoms with E-state index in [0.717, 1.165) is 12.3 Å². The number of hydrogen-bond donors (Lipinski definition) is 0. The zero-order chi connectivity index (χ0) is 25.6. The molecule has 1 aliphatic heterocycles. The van der Waals surface area contributed by atoms with Gasteiger partial charge in [0, 0.05) is 29.9 Å². The highest BCUT2D eigenvalue weighted by Gasteiger charge is 2.53. The van der Waals surface area contributed by atoms with E-state index < -0.39 is 22.8 Å². The first-order chi connectivity index (χ1) is 17.1. The molecule has 11 heteroatoms. The molecule has 3 aromatic rings. The molecule has 2 fully saturated rings. The second-order valence-electron chi connectivity index (χ2n) is 8.97. The normalized spacial score (nSPS) is 23.1. The second-order valence-corrected chi connectivity index (χ2v) is 8.97. The molecule has 4 atom stereocenters. The molecule has 0 unspecified atom stereocenters. The van der Waals surface area contributed by atoms with E-state index in [4.69, 9.17) is 4.74 Å². The summed E-state index contributed by atoms with van der Waals surface area (Å²) in [7, 11) is 0. The first-order valence-electron chi connectivity index (χ1n) is 11.4. The molecule has 0 N–H and O–H groups in total. The fourth-order valence-electron chi connectivity index (χ4n) is 5.17. The number of likely N-dealkylation sites (tertiary alicyclic amines) is 1. The van der Waals surface area contributed by atoms with E-state index in [9.17, 15) is 28.1 Å². The van der Waals surface area contributed by atoms with Crippen LogP contribution in [0.1, 0.15) is 35.7 Å². The number of halogens is 3. The molecule has 2 aliphatic rings. The van der Waals surface area contributed by atoms with E-state index in [1.54, 1.807) is 35.2 Å². The highest BCUT2D eigenvalue weighted by atomic mass is 19.4. The fraction of sp³-hybridized carbons (Fsp3) is 0.320. The summed E-state index contributed by atoms with van der Waals surface area (Å²) < 4.78 is 44.5. The van der Waals surface area contributed by atoms with Gasteiger partial charge in [-0.05, 0) is 65.9 Å². The number of nitro groups is 1. The summed E-state index contributed by atoms with van der Waals surface area (Å²) in [6.45, 7) is 1.96. The Kier molecular flexibility index (Phi) is 5.85. The number of piperidine rings is 1. The Bertz CT molecular complexity index is 1320. The van der Waals surface area contributed by atoms with Crippen LogP contribution in [0.2, 0.25) is 0 Å². The molecular formula is C25H21F3N4O4. The number of nitrogens with zero attached hydrogens (tertiary/aromatic N) is 4. The lowest BCUT2D eigenvalue weighted by Gasteiger charge is -2.38. The molecular weight excluding hydrogens is 477 g/mol. The average Bonchev–Trinajstić information content (AvgIpc) is 3.41. The minimum absolute atomic E-state index is 0.0711. The third-order valence-electron chi connectivity index (χ3n) is 6.91. The molecule has 3 heterocycles. The van der Waals surface area contributed by atoms with Crippen LogP contribution in [-0.2, 0) is 6.18 Å². The summed E-state index contributed by atoms with van der Waals surface area (Å²) >= 11 is 0. The highest BCUT2D eigenvalue weighted by molar-refractivity contribution is 6.01. The first-order valence-corrected chi connectivity index (χ1v) is 11.4. The number of carbonyl (C=O) groups is 1. The molecule has 1 saturated heterocycles. The van der Waals surface area contributed by atoms with Crippen LogP contribution in [0.5, 0.6) is 5.88 Å². The molecule has 36 heavy (non-hydrogen) atoms. The van der Waals surface area contributed by atoms with Crippen molar-refractivity contribution in [2.45, 2.75) is 44.1 Å². The molecule has 2 aromatic heterocycles. The summed E-state index contributed by atoms with van der Waals surface area (Å²) in [6.07, 6.45) is -2.81. The van der Waals surface area contributed by atoms with E-state index in [1.165, 1.54) is 18.2 Å². The Hall–Kier alpha value is -4.02. The van der Waals surface area contributed by atoms with Gasteiger partial charge < -0.3 is 19.8 Å². The highest BCUT2D eigenvalue weighted by Crippen LogP contribution is 2.45. The largest absolute Gasteiger partial charge is 0.472 e. The lowest BCUT2D eigenvalue weighted by Crippen LogP contribution is -2.51. The zero-order valence-electron chi connectivity index (χ0n) is 19.1. The van der Waals surface area contributed by atoms with Gasteiger partial charge in [0.15, 0.2) is 5.69 Å². The first kappa shape index (κ1) is 23.7. The monoisotopic (exact) mass is 498 g/mol. The van der Waals surface area contributed by atoms with Crippen LogP contribution in [0.25, 0.3) is 11.3 Å². The lowest BCUT2D eigenvalue weighted by molar-refractivity contribution is -0.389. The Morgan fingerprint density at radius 2 is 1.89 bits per heavy atom. The predicted octanol–water partition coefficient (Wildman–Crippen LogP) is 5.14. The minimum Gasteiger partial charge on any atom is -0.472 e. The number of carbonyl (C=O) groups excluding carboxylic acids is 1. The third-order valence-corrected chi connectivity index (χ3v) is 6.91. The minimum atomic E-state index is -4.49. The third kappa shape index (κ3) is 4.25. The van der Waals surface area contributed by atoms with Gasteiger partial charge >= 0.3 is 12.0 Å². The molecule has 5 rings (SSSR count). The smallest absolute Gasteiger partial charge is 0.417 e. The summed E-state index contributed by atoms with van der Waals surface area (Å²) in [6, 6.07) is 13.0. The second kappa shape index (κ2) is 8.89. The molecule has 8 nitrogen and oxygen atoms in total. The summed E-state index contributed by atoms with van der Waals surface area (Å²) in [5.74, 6) is -0.336. The molecule has 0 radical (unpaired) electrons. The Morgan fingerprint density at radius 3 is 2.56 bits per heavy atom. The van der Waals surface area contributed by atoms with Crippen LogP contribution in [-0.4, -0.2) is 43.9 Å². The van der Waals surface area contributed by atoms with E-state index >= 15 is 0 Å². The SMILES string of the molecule is C[C@@H]1[C@H]2C[C@@H](Oc3ccc(C(F)(F)F)cn3)[C@H](C2)N1C(=O)c1ccccc1-c1cccc([N+](=O)[O-])n1. The van der Waals surface area contributed by atoms with E-state index in [-0.39, 0.29) is 35.6 Å². The number of alkyl halides is 3. The predicted molar refractivity (Wildman–Crippen MR) is 122 cm³/mol. The molecule has 0 spiro atoms. The Morgan fingerprint density at radius 1 is 1.11 bits per heavy atom. The molecule has 1 aromatic carbocycles. The maximum Gasteiger partial charge on any atom is 0.417 e. The van der Waals surface area contributed by atoms with Gasteiger partial charge in [0.1, 0.15) is 6.10 Å².